The van der Waals surface area contributed by atoms with Gasteiger partial charge in [-0.2, -0.15) is 0 Å². The highest BCUT2D eigenvalue weighted by atomic mass is 35.5. The highest BCUT2D eigenvalue weighted by Gasteiger charge is 2.13. The molecule has 0 bridgehead atoms. The Hall–Kier alpha value is -1.71. The summed E-state index contributed by atoms with van der Waals surface area (Å²) in [6.07, 6.45) is 1.85. The van der Waals surface area contributed by atoms with E-state index in [2.05, 4.69) is 26.0 Å². The third-order valence-corrected chi connectivity index (χ3v) is 4.41. The van der Waals surface area contributed by atoms with Gasteiger partial charge >= 0.3 is 0 Å². The van der Waals surface area contributed by atoms with Crippen LogP contribution in [0.15, 0.2) is 36.4 Å². The van der Waals surface area contributed by atoms with Crippen LogP contribution in [0, 0.1) is 6.92 Å². The first kappa shape index (κ1) is 18.6. The molecule has 0 saturated carbocycles. The van der Waals surface area contributed by atoms with E-state index < -0.39 is 0 Å². The van der Waals surface area contributed by atoms with Crippen molar-refractivity contribution in [2.45, 2.75) is 32.6 Å². The van der Waals surface area contributed by atoms with Crippen LogP contribution < -0.4 is 15.2 Å². The van der Waals surface area contributed by atoms with Gasteiger partial charge in [0.1, 0.15) is 11.5 Å². The monoisotopic (exact) mass is 347 g/mol. The van der Waals surface area contributed by atoms with Gasteiger partial charge in [0.25, 0.3) is 0 Å². The molecule has 1 atom stereocenters. The Morgan fingerprint density at radius 1 is 1.12 bits per heavy atom. The van der Waals surface area contributed by atoms with E-state index in [4.69, 9.17) is 26.8 Å². The minimum Gasteiger partial charge on any atom is -0.495 e. The molecule has 1 unspecified atom stereocenters. The Morgan fingerprint density at radius 3 is 2.46 bits per heavy atom. The molecular weight excluding hydrogens is 322 g/mol. The van der Waals surface area contributed by atoms with E-state index in [-0.39, 0.29) is 5.92 Å². The van der Waals surface area contributed by atoms with E-state index in [1.165, 1.54) is 5.56 Å². The number of benzene rings is 2. The quantitative estimate of drug-likeness (QED) is 0.750. The van der Waals surface area contributed by atoms with E-state index in [9.17, 15) is 0 Å². The lowest BCUT2D eigenvalue weighted by atomic mass is 9.91. The SMILES string of the molecule is CCCOc1ccc(C(CN)Cc2ccc(OC)c(Cl)c2)cc1C. The van der Waals surface area contributed by atoms with Gasteiger partial charge in [-0.25, -0.2) is 0 Å². The van der Waals surface area contributed by atoms with Gasteiger partial charge in [-0.3, -0.25) is 0 Å². The second-order valence-corrected chi connectivity index (χ2v) is 6.39. The van der Waals surface area contributed by atoms with Gasteiger partial charge in [0.2, 0.25) is 0 Å². The van der Waals surface area contributed by atoms with E-state index >= 15 is 0 Å². The third-order valence-electron chi connectivity index (χ3n) is 4.11. The molecule has 4 heteroatoms. The van der Waals surface area contributed by atoms with Crippen molar-refractivity contribution >= 4 is 11.6 Å². The van der Waals surface area contributed by atoms with Crippen LogP contribution in [0.2, 0.25) is 5.02 Å². The van der Waals surface area contributed by atoms with Gasteiger partial charge in [-0.1, -0.05) is 36.7 Å². The molecule has 0 aliphatic heterocycles. The molecule has 0 aromatic heterocycles. The van der Waals surface area contributed by atoms with Crippen LogP contribution in [0.3, 0.4) is 0 Å². The zero-order valence-electron chi connectivity index (χ0n) is 14.6. The summed E-state index contributed by atoms with van der Waals surface area (Å²) in [6, 6.07) is 12.2. The number of hydrogen-bond donors (Lipinski definition) is 1. The molecule has 0 aliphatic rings. The molecule has 0 amide bonds. The van der Waals surface area contributed by atoms with Crippen molar-refractivity contribution < 1.29 is 9.47 Å². The number of ether oxygens (including phenoxy) is 2. The molecule has 0 radical (unpaired) electrons. The van der Waals surface area contributed by atoms with Crippen molar-refractivity contribution in [2.24, 2.45) is 5.73 Å². The van der Waals surface area contributed by atoms with E-state index in [1.807, 2.05) is 24.3 Å². The first-order valence-electron chi connectivity index (χ1n) is 8.34. The van der Waals surface area contributed by atoms with Crippen molar-refractivity contribution in [1.29, 1.82) is 0 Å². The molecule has 2 rings (SSSR count). The summed E-state index contributed by atoms with van der Waals surface area (Å²) in [5.41, 5.74) is 9.55. The first-order valence-corrected chi connectivity index (χ1v) is 8.72. The summed E-state index contributed by atoms with van der Waals surface area (Å²) in [5, 5.41) is 0.630. The largest absolute Gasteiger partial charge is 0.495 e. The fraction of sp³-hybridized carbons (Fsp3) is 0.400. The van der Waals surface area contributed by atoms with E-state index in [0.29, 0.717) is 17.3 Å². The smallest absolute Gasteiger partial charge is 0.137 e. The number of hydrogen-bond acceptors (Lipinski definition) is 3. The minimum absolute atomic E-state index is 0.244. The van der Waals surface area contributed by atoms with Gasteiger partial charge < -0.3 is 15.2 Å². The van der Waals surface area contributed by atoms with Gasteiger partial charge in [-0.15, -0.1) is 0 Å². The number of rotatable bonds is 8. The van der Waals surface area contributed by atoms with Crippen molar-refractivity contribution in [3.63, 3.8) is 0 Å². The first-order chi connectivity index (χ1) is 11.6. The van der Waals surface area contributed by atoms with Crippen LogP contribution in [-0.4, -0.2) is 20.3 Å². The Kier molecular flexibility index (Phi) is 6.95. The summed E-state index contributed by atoms with van der Waals surface area (Å²) >= 11 is 6.22. The minimum atomic E-state index is 0.244. The molecular formula is C20H26ClNO2. The summed E-state index contributed by atoms with van der Waals surface area (Å²) in [5.74, 6) is 1.88. The second-order valence-electron chi connectivity index (χ2n) is 5.98. The zero-order valence-corrected chi connectivity index (χ0v) is 15.4. The standard InChI is InChI=1S/C20H26ClNO2/c1-4-9-24-19-8-6-16(10-14(19)2)17(13-22)11-15-5-7-20(23-3)18(21)12-15/h5-8,10,12,17H,4,9,11,13,22H2,1-3H3. The van der Waals surface area contributed by atoms with Crippen LogP contribution >= 0.6 is 11.6 Å². The van der Waals surface area contributed by atoms with Crippen LogP contribution in [-0.2, 0) is 6.42 Å². The number of aryl methyl sites for hydroxylation is 1. The van der Waals surface area contributed by atoms with Crippen molar-refractivity contribution in [2.75, 3.05) is 20.3 Å². The van der Waals surface area contributed by atoms with Crippen LogP contribution in [0.1, 0.15) is 36.0 Å². The lowest BCUT2D eigenvalue weighted by Gasteiger charge is -2.18. The molecule has 0 heterocycles. The Bertz CT molecular complexity index is 673. The summed E-state index contributed by atoms with van der Waals surface area (Å²) in [6.45, 7) is 5.50. The van der Waals surface area contributed by atoms with Gasteiger partial charge in [0.15, 0.2) is 0 Å². The maximum absolute atomic E-state index is 6.22. The zero-order chi connectivity index (χ0) is 17.5. The highest BCUT2D eigenvalue weighted by Crippen LogP contribution is 2.29. The predicted molar refractivity (Wildman–Crippen MR) is 100 cm³/mol. The van der Waals surface area contributed by atoms with E-state index in [1.54, 1.807) is 7.11 Å². The lowest BCUT2D eigenvalue weighted by molar-refractivity contribution is 0.315. The van der Waals surface area contributed by atoms with Crippen LogP contribution in [0.4, 0.5) is 0 Å². The lowest BCUT2D eigenvalue weighted by Crippen LogP contribution is -2.15. The average molecular weight is 348 g/mol. The molecule has 2 N–H and O–H groups in total. The molecule has 2 aromatic carbocycles. The highest BCUT2D eigenvalue weighted by molar-refractivity contribution is 6.32. The van der Waals surface area contributed by atoms with Crippen LogP contribution in [0.25, 0.3) is 0 Å². The molecule has 0 fully saturated rings. The average Bonchev–Trinajstić information content (AvgIpc) is 2.58. The van der Waals surface area contributed by atoms with Crippen molar-refractivity contribution in [3.05, 3.63) is 58.1 Å². The Labute approximate surface area is 149 Å². The van der Waals surface area contributed by atoms with Gasteiger partial charge in [0.05, 0.1) is 18.7 Å². The summed E-state index contributed by atoms with van der Waals surface area (Å²) in [4.78, 5) is 0. The van der Waals surface area contributed by atoms with Gasteiger partial charge in [0, 0.05) is 5.92 Å². The molecule has 24 heavy (non-hydrogen) atoms. The number of methoxy groups -OCH3 is 1. The fourth-order valence-corrected chi connectivity index (χ4v) is 3.04. The summed E-state index contributed by atoms with van der Waals surface area (Å²) in [7, 11) is 1.62. The second kappa shape index (κ2) is 8.95. The van der Waals surface area contributed by atoms with E-state index in [0.717, 1.165) is 36.3 Å². The number of nitrogens with two attached hydrogens (primary N) is 1. The van der Waals surface area contributed by atoms with Crippen molar-refractivity contribution in [3.8, 4) is 11.5 Å². The number of halogens is 1. The third kappa shape index (κ3) is 4.65. The maximum Gasteiger partial charge on any atom is 0.137 e. The fourth-order valence-electron chi connectivity index (χ4n) is 2.76. The maximum atomic E-state index is 6.22. The molecule has 3 nitrogen and oxygen atoms in total. The molecule has 0 spiro atoms. The van der Waals surface area contributed by atoms with Crippen LogP contribution in [0.5, 0.6) is 11.5 Å². The Balaban J connectivity index is 2.16. The van der Waals surface area contributed by atoms with Gasteiger partial charge in [-0.05, 0) is 61.2 Å². The molecule has 0 saturated heterocycles. The molecule has 0 aliphatic carbocycles. The predicted octanol–water partition coefficient (Wildman–Crippen LogP) is 4.73. The summed E-state index contributed by atoms with van der Waals surface area (Å²) < 4.78 is 11.0. The molecule has 130 valence electrons. The Morgan fingerprint density at radius 2 is 1.88 bits per heavy atom. The normalized spacial score (nSPS) is 12.0. The topological polar surface area (TPSA) is 44.5 Å². The van der Waals surface area contributed by atoms with Crippen molar-refractivity contribution in [1.82, 2.24) is 0 Å². The molecule has 2 aromatic rings.